The molecule has 0 atom stereocenters. The summed E-state index contributed by atoms with van der Waals surface area (Å²) in [5.41, 5.74) is 0.560. The Kier molecular flexibility index (Phi) is 3.79. The Morgan fingerprint density at radius 3 is 2.95 bits per heavy atom. The highest BCUT2D eigenvalue weighted by Gasteiger charge is 2.15. The molecule has 0 aliphatic rings. The molecule has 0 saturated heterocycles. The van der Waals surface area contributed by atoms with E-state index >= 15 is 0 Å². The second-order valence-electron chi connectivity index (χ2n) is 3.91. The van der Waals surface area contributed by atoms with E-state index in [0.29, 0.717) is 0 Å². The molecule has 1 heterocycles. The van der Waals surface area contributed by atoms with Crippen LogP contribution in [0.15, 0.2) is 30.6 Å². The summed E-state index contributed by atoms with van der Waals surface area (Å²) in [6.07, 6.45) is 3.37. The molecule has 0 radical (unpaired) electrons. The minimum Gasteiger partial charge on any atom is -0.485 e. The maximum atomic E-state index is 13.6. The highest BCUT2D eigenvalue weighted by Crippen LogP contribution is 2.23. The van der Waals surface area contributed by atoms with Crippen LogP contribution < -0.4 is 4.74 Å². The summed E-state index contributed by atoms with van der Waals surface area (Å²) in [5, 5.41) is 13.0. The average Bonchev–Trinajstić information content (AvgIpc) is 2.85. The van der Waals surface area contributed by atoms with Crippen molar-refractivity contribution in [3.8, 4) is 5.75 Å². The van der Waals surface area contributed by atoms with Crippen LogP contribution in [0.5, 0.6) is 5.75 Å². The van der Waals surface area contributed by atoms with Crippen LogP contribution in [0, 0.1) is 5.82 Å². The van der Waals surface area contributed by atoms with Crippen molar-refractivity contribution in [1.82, 2.24) is 9.78 Å². The number of aryl methyl sites for hydroxylation is 1. The van der Waals surface area contributed by atoms with Gasteiger partial charge in [0.2, 0.25) is 0 Å². The number of rotatable bonds is 5. The van der Waals surface area contributed by atoms with Gasteiger partial charge in [-0.1, -0.05) is 6.07 Å². The quantitative estimate of drug-likeness (QED) is 0.900. The fourth-order valence-electron chi connectivity index (χ4n) is 1.63. The fourth-order valence-corrected chi connectivity index (χ4v) is 1.63. The van der Waals surface area contributed by atoms with Gasteiger partial charge in [-0.3, -0.25) is 4.68 Å². The minimum atomic E-state index is -1.22. The first-order chi connectivity index (χ1) is 9.11. The number of carboxylic acids is 1. The summed E-state index contributed by atoms with van der Waals surface area (Å²) in [5.74, 6) is -2.17. The van der Waals surface area contributed by atoms with Gasteiger partial charge in [0.25, 0.3) is 0 Å². The SMILES string of the molecule is CCn1cc(COc2c(F)cccc2C(=O)O)cn1. The van der Waals surface area contributed by atoms with Crippen LogP contribution in [-0.4, -0.2) is 20.9 Å². The van der Waals surface area contributed by atoms with Crippen molar-refractivity contribution in [3.63, 3.8) is 0 Å². The molecule has 0 unspecified atom stereocenters. The van der Waals surface area contributed by atoms with Crippen molar-refractivity contribution in [3.05, 3.63) is 47.5 Å². The summed E-state index contributed by atoms with van der Waals surface area (Å²) in [7, 11) is 0. The lowest BCUT2D eigenvalue weighted by Gasteiger charge is -2.08. The van der Waals surface area contributed by atoms with Gasteiger partial charge in [0, 0.05) is 18.3 Å². The molecule has 5 nitrogen and oxygen atoms in total. The van der Waals surface area contributed by atoms with Gasteiger partial charge < -0.3 is 9.84 Å². The standard InChI is InChI=1S/C13H13FN2O3/c1-2-16-7-9(6-15-16)8-19-12-10(13(17)18)4-3-5-11(12)14/h3-7H,2,8H2,1H3,(H,17,18). The lowest BCUT2D eigenvalue weighted by atomic mass is 10.2. The normalized spacial score (nSPS) is 10.4. The van der Waals surface area contributed by atoms with Crippen LogP contribution in [-0.2, 0) is 13.2 Å². The molecule has 1 aromatic heterocycles. The number of benzene rings is 1. The van der Waals surface area contributed by atoms with Crippen LogP contribution in [0.4, 0.5) is 4.39 Å². The Morgan fingerprint density at radius 2 is 2.32 bits per heavy atom. The van der Waals surface area contributed by atoms with E-state index in [1.54, 1.807) is 17.1 Å². The van der Waals surface area contributed by atoms with Crippen LogP contribution in [0.3, 0.4) is 0 Å². The highest BCUT2D eigenvalue weighted by atomic mass is 19.1. The predicted octanol–water partition coefficient (Wildman–Crippen LogP) is 2.32. The van der Waals surface area contributed by atoms with Crippen LogP contribution in [0.2, 0.25) is 0 Å². The molecule has 2 rings (SSSR count). The van der Waals surface area contributed by atoms with Crippen LogP contribution >= 0.6 is 0 Å². The number of nitrogens with zero attached hydrogens (tertiary/aromatic N) is 2. The van der Waals surface area contributed by atoms with Crippen molar-refractivity contribution in [2.45, 2.75) is 20.1 Å². The molecule has 0 fully saturated rings. The van der Waals surface area contributed by atoms with Gasteiger partial charge in [0.1, 0.15) is 12.2 Å². The van der Waals surface area contributed by atoms with E-state index in [2.05, 4.69) is 5.10 Å². The number of hydrogen-bond donors (Lipinski definition) is 1. The molecule has 0 aliphatic heterocycles. The van der Waals surface area contributed by atoms with Gasteiger partial charge in [-0.25, -0.2) is 9.18 Å². The molecular formula is C13H13FN2O3. The number of aromatic nitrogens is 2. The van der Waals surface area contributed by atoms with Crippen LogP contribution in [0.25, 0.3) is 0 Å². The predicted molar refractivity (Wildman–Crippen MR) is 65.6 cm³/mol. The summed E-state index contributed by atoms with van der Waals surface area (Å²) in [4.78, 5) is 11.0. The Labute approximate surface area is 109 Å². The molecule has 0 saturated carbocycles. The molecule has 1 aromatic carbocycles. The van der Waals surface area contributed by atoms with Crippen molar-refractivity contribution in [2.24, 2.45) is 0 Å². The van der Waals surface area contributed by atoms with Gasteiger partial charge in [-0.05, 0) is 19.1 Å². The topological polar surface area (TPSA) is 64.3 Å². The lowest BCUT2D eigenvalue weighted by molar-refractivity contribution is 0.0690. The molecular weight excluding hydrogens is 251 g/mol. The third-order valence-electron chi connectivity index (χ3n) is 2.59. The van der Waals surface area contributed by atoms with Gasteiger partial charge >= 0.3 is 5.97 Å². The summed E-state index contributed by atoms with van der Waals surface area (Å²) < 4.78 is 20.5. The minimum absolute atomic E-state index is 0.0706. The zero-order valence-corrected chi connectivity index (χ0v) is 10.3. The second-order valence-corrected chi connectivity index (χ2v) is 3.91. The first-order valence-electron chi connectivity index (χ1n) is 5.77. The Balaban J connectivity index is 2.17. The maximum Gasteiger partial charge on any atom is 0.339 e. The summed E-state index contributed by atoms with van der Waals surface area (Å²) in [6.45, 7) is 2.73. The maximum absolute atomic E-state index is 13.6. The molecule has 1 N–H and O–H groups in total. The number of halogens is 1. The van der Waals surface area contributed by atoms with Crippen molar-refractivity contribution >= 4 is 5.97 Å². The van der Waals surface area contributed by atoms with Gasteiger partial charge in [0.05, 0.1) is 6.20 Å². The Bertz CT molecular complexity index is 595. The van der Waals surface area contributed by atoms with E-state index in [0.717, 1.165) is 18.2 Å². The first-order valence-corrected chi connectivity index (χ1v) is 5.77. The number of hydrogen-bond acceptors (Lipinski definition) is 3. The third-order valence-corrected chi connectivity index (χ3v) is 2.59. The largest absolute Gasteiger partial charge is 0.485 e. The molecule has 2 aromatic rings. The third kappa shape index (κ3) is 2.90. The van der Waals surface area contributed by atoms with E-state index in [4.69, 9.17) is 9.84 Å². The summed E-state index contributed by atoms with van der Waals surface area (Å²) >= 11 is 0. The molecule has 0 bridgehead atoms. The molecule has 0 spiro atoms. The zero-order valence-electron chi connectivity index (χ0n) is 10.3. The van der Waals surface area contributed by atoms with E-state index in [9.17, 15) is 9.18 Å². The van der Waals surface area contributed by atoms with Crippen LogP contribution in [0.1, 0.15) is 22.8 Å². The number of aromatic carboxylic acids is 1. The van der Waals surface area contributed by atoms with Gasteiger partial charge in [0.15, 0.2) is 11.6 Å². The Hall–Kier alpha value is -2.37. The van der Waals surface area contributed by atoms with Gasteiger partial charge in [-0.2, -0.15) is 5.10 Å². The number of carboxylic acid groups (broad SMARTS) is 1. The zero-order chi connectivity index (χ0) is 13.8. The molecule has 6 heteroatoms. The molecule has 19 heavy (non-hydrogen) atoms. The van der Waals surface area contributed by atoms with E-state index in [1.165, 1.54) is 12.1 Å². The first kappa shape index (κ1) is 13.1. The van der Waals surface area contributed by atoms with E-state index < -0.39 is 11.8 Å². The number of para-hydroxylation sites is 1. The second kappa shape index (κ2) is 5.51. The van der Waals surface area contributed by atoms with E-state index in [1.807, 2.05) is 6.92 Å². The molecule has 0 aliphatic carbocycles. The molecule has 100 valence electrons. The number of carbonyl (C=O) groups is 1. The average molecular weight is 264 g/mol. The lowest BCUT2D eigenvalue weighted by Crippen LogP contribution is -2.05. The monoisotopic (exact) mass is 264 g/mol. The smallest absolute Gasteiger partial charge is 0.339 e. The van der Waals surface area contributed by atoms with Crippen molar-refractivity contribution in [1.29, 1.82) is 0 Å². The van der Waals surface area contributed by atoms with Gasteiger partial charge in [-0.15, -0.1) is 0 Å². The fraction of sp³-hybridized carbons (Fsp3) is 0.231. The van der Waals surface area contributed by atoms with E-state index in [-0.39, 0.29) is 17.9 Å². The Morgan fingerprint density at radius 1 is 1.53 bits per heavy atom. The summed E-state index contributed by atoms with van der Waals surface area (Å²) in [6, 6.07) is 3.80. The highest BCUT2D eigenvalue weighted by molar-refractivity contribution is 5.90. The van der Waals surface area contributed by atoms with Crippen molar-refractivity contribution < 1.29 is 19.0 Å². The van der Waals surface area contributed by atoms with Crippen molar-refractivity contribution in [2.75, 3.05) is 0 Å². The number of ether oxygens (including phenoxy) is 1. The molecule has 0 amide bonds.